The standard InChI is InChI=1S/C17H18N2O.C6H15N/c1-2-13-14-8-3-4-9-15(14)16(19-17(13)20)11-6-5-7-12(18)10-11;1-5(2)7-6(3)4/h3-10,13,16H,2,18H2,1H3,(H,19,20);5-7H,1-4H3. The van der Waals surface area contributed by atoms with Gasteiger partial charge in [0.1, 0.15) is 0 Å². The summed E-state index contributed by atoms with van der Waals surface area (Å²) in [6, 6.07) is 17.0. The zero-order valence-electron chi connectivity index (χ0n) is 17.1. The molecule has 4 heteroatoms. The molecule has 1 amide bonds. The molecule has 2 aromatic carbocycles. The van der Waals surface area contributed by atoms with E-state index in [1.807, 2.05) is 43.3 Å². The van der Waals surface area contributed by atoms with Gasteiger partial charge in [0.2, 0.25) is 5.91 Å². The van der Waals surface area contributed by atoms with E-state index in [1.54, 1.807) is 0 Å². The first-order chi connectivity index (χ1) is 12.8. The van der Waals surface area contributed by atoms with Crippen LogP contribution in [0.3, 0.4) is 0 Å². The van der Waals surface area contributed by atoms with Gasteiger partial charge in [-0.3, -0.25) is 4.79 Å². The second-order valence-electron chi connectivity index (χ2n) is 7.68. The molecule has 4 nitrogen and oxygen atoms in total. The highest BCUT2D eigenvalue weighted by atomic mass is 16.2. The zero-order valence-corrected chi connectivity index (χ0v) is 17.1. The third kappa shape index (κ3) is 5.57. The van der Waals surface area contributed by atoms with Gasteiger partial charge in [-0.15, -0.1) is 0 Å². The van der Waals surface area contributed by atoms with Crippen LogP contribution in [-0.4, -0.2) is 18.0 Å². The minimum atomic E-state index is -0.106. The summed E-state index contributed by atoms with van der Waals surface area (Å²) < 4.78 is 0. The predicted octanol–water partition coefficient (Wildman–Crippen LogP) is 4.37. The van der Waals surface area contributed by atoms with Gasteiger partial charge < -0.3 is 16.4 Å². The number of fused-ring (bicyclic) bond motifs is 1. The van der Waals surface area contributed by atoms with E-state index < -0.39 is 0 Å². The maximum Gasteiger partial charge on any atom is 0.228 e. The lowest BCUT2D eigenvalue weighted by Crippen LogP contribution is -2.38. The number of nitrogens with two attached hydrogens (primary N) is 1. The minimum Gasteiger partial charge on any atom is -0.399 e. The third-order valence-corrected chi connectivity index (χ3v) is 4.60. The summed E-state index contributed by atoms with van der Waals surface area (Å²) in [5.41, 5.74) is 9.91. The van der Waals surface area contributed by atoms with E-state index in [9.17, 15) is 4.79 Å². The normalized spacial score (nSPS) is 18.6. The van der Waals surface area contributed by atoms with Crippen molar-refractivity contribution in [3.63, 3.8) is 0 Å². The summed E-state index contributed by atoms with van der Waals surface area (Å²) >= 11 is 0. The van der Waals surface area contributed by atoms with E-state index in [4.69, 9.17) is 5.73 Å². The number of carbonyl (C=O) groups excluding carboxylic acids is 1. The molecule has 3 rings (SSSR count). The van der Waals surface area contributed by atoms with E-state index in [1.165, 1.54) is 5.56 Å². The number of anilines is 1. The minimum absolute atomic E-state index is 0.0523. The molecule has 27 heavy (non-hydrogen) atoms. The molecule has 0 spiro atoms. The van der Waals surface area contributed by atoms with Gasteiger partial charge in [-0.05, 0) is 35.2 Å². The third-order valence-electron chi connectivity index (χ3n) is 4.60. The van der Waals surface area contributed by atoms with Crippen molar-refractivity contribution in [2.75, 3.05) is 5.73 Å². The van der Waals surface area contributed by atoms with Crippen molar-refractivity contribution in [2.24, 2.45) is 0 Å². The first-order valence-corrected chi connectivity index (χ1v) is 9.84. The Morgan fingerprint density at radius 3 is 2.15 bits per heavy atom. The van der Waals surface area contributed by atoms with Crippen molar-refractivity contribution >= 4 is 11.6 Å². The van der Waals surface area contributed by atoms with Crippen LogP contribution in [0.5, 0.6) is 0 Å². The SMILES string of the molecule is CC(C)NC(C)C.CCC1C(=O)NC(c2cccc(N)c2)c2ccccc21. The van der Waals surface area contributed by atoms with E-state index in [2.05, 4.69) is 50.5 Å². The lowest BCUT2D eigenvalue weighted by molar-refractivity contribution is -0.123. The predicted molar refractivity (Wildman–Crippen MR) is 114 cm³/mol. The van der Waals surface area contributed by atoms with Crippen molar-refractivity contribution in [3.05, 3.63) is 65.2 Å². The van der Waals surface area contributed by atoms with E-state index in [0.717, 1.165) is 17.5 Å². The number of nitrogen functional groups attached to an aromatic ring is 1. The Hall–Kier alpha value is -2.33. The van der Waals surface area contributed by atoms with Crippen LogP contribution in [0.4, 0.5) is 5.69 Å². The molecular weight excluding hydrogens is 334 g/mol. The highest BCUT2D eigenvalue weighted by Crippen LogP contribution is 2.36. The first-order valence-electron chi connectivity index (χ1n) is 9.84. The van der Waals surface area contributed by atoms with E-state index in [-0.39, 0.29) is 17.9 Å². The van der Waals surface area contributed by atoms with Gasteiger partial charge >= 0.3 is 0 Å². The van der Waals surface area contributed by atoms with E-state index >= 15 is 0 Å². The fourth-order valence-electron chi connectivity index (χ4n) is 3.63. The molecule has 146 valence electrons. The lowest BCUT2D eigenvalue weighted by atomic mass is 9.82. The van der Waals surface area contributed by atoms with Crippen LogP contribution >= 0.6 is 0 Å². The second kappa shape index (κ2) is 9.56. The van der Waals surface area contributed by atoms with Gasteiger partial charge in [0.05, 0.1) is 12.0 Å². The lowest BCUT2D eigenvalue weighted by Gasteiger charge is -2.32. The highest BCUT2D eigenvalue weighted by Gasteiger charge is 2.32. The monoisotopic (exact) mass is 367 g/mol. The molecule has 1 heterocycles. The molecule has 1 aliphatic rings. The Balaban J connectivity index is 0.000000321. The number of hydrogen-bond donors (Lipinski definition) is 3. The van der Waals surface area contributed by atoms with Gasteiger partial charge in [-0.2, -0.15) is 0 Å². The number of carbonyl (C=O) groups is 1. The number of hydrogen-bond acceptors (Lipinski definition) is 3. The second-order valence-corrected chi connectivity index (χ2v) is 7.68. The zero-order chi connectivity index (χ0) is 20.0. The topological polar surface area (TPSA) is 67.2 Å². The average Bonchev–Trinajstić information content (AvgIpc) is 2.60. The number of amides is 1. The van der Waals surface area contributed by atoms with Crippen LogP contribution in [0.25, 0.3) is 0 Å². The van der Waals surface area contributed by atoms with Crippen molar-refractivity contribution in [3.8, 4) is 0 Å². The molecule has 0 radical (unpaired) electrons. The van der Waals surface area contributed by atoms with Crippen LogP contribution in [0.15, 0.2) is 48.5 Å². The number of benzene rings is 2. The Labute approximate surface area is 163 Å². The van der Waals surface area contributed by atoms with Crippen molar-refractivity contribution < 1.29 is 4.79 Å². The molecule has 0 saturated heterocycles. The molecule has 2 unspecified atom stereocenters. The van der Waals surface area contributed by atoms with E-state index in [0.29, 0.717) is 17.8 Å². The number of nitrogens with one attached hydrogen (secondary N) is 2. The quantitative estimate of drug-likeness (QED) is 0.703. The summed E-state index contributed by atoms with van der Waals surface area (Å²) in [5, 5.41) is 6.43. The van der Waals surface area contributed by atoms with Gasteiger partial charge in [-0.1, -0.05) is 71.0 Å². The van der Waals surface area contributed by atoms with Gasteiger partial charge in [0.25, 0.3) is 0 Å². The van der Waals surface area contributed by atoms with Crippen LogP contribution in [-0.2, 0) is 4.79 Å². The molecule has 2 atom stereocenters. The Kier molecular flexibility index (Phi) is 7.43. The first kappa shape index (κ1) is 21.0. The Morgan fingerprint density at radius 2 is 1.63 bits per heavy atom. The van der Waals surface area contributed by atoms with Crippen molar-refractivity contribution in [2.45, 2.75) is 65.1 Å². The smallest absolute Gasteiger partial charge is 0.228 e. The summed E-state index contributed by atoms with van der Waals surface area (Å²) in [5.74, 6) is 0.0436. The number of rotatable bonds is 4. The van der Waals surface area contributed by atoms with Gasteiger partial charge in [0, 0.05) is 17.8 Å². The molecule has 0 fully saturated rings. The fourth-order valence-corrected chi connectivity index (χ4v) is 3.63. The maximum atomic E-state index is 12.3. The average molecular weight is 368 g/mol. The van der Waals surface area contributed by atoms with Crippen LogP contribution in [0, 0.1) is 0 Å². The summed E-state index contributed by atoms with van der Waals surface area (Å²) in [4.78, 5) is 12.3. The maximum absolute atomic E-state index is 12.3. The summed E-state index contributed by atoms with van der Waals surface area (Å²) in [6.07, 6.45) is 0.812. The van der Waals surface area contributed by atoms with Crippen LogP contribution in [0.2, 0.25) is 0 Å². The summed E-state index contributed by atoms with van der Waals surface area (Å²) in [6.45, 7) is 10.7. The van der Waals surface area contributed by atoms with Crippen molar-refractivity contribution in [1.29, 1.82) is 0 Å². The van der Waals surface area contributed by atoms with Gasteiger partial charge in [-0.25, -0.2) is 0 Å². The molecule has 4 N–H and O–H groups in total. The molecule has 0 aromatic heterocycles. The highest BCUT2D eigenvalue weighted by molar-refractivity contribution is 5.87. The fraction of sp³-hybridized carbons (Fsp3) is 0.435. The molecular formula is C23H33N3O. The van der Waals surface area contributed by atoms with Crippen LogP contribution < -0.4 is 16.4 Å². The van der Waals surface area contributed by atoms with Crippen LogP contribution in [0.1, 0.15) is 69.7 Å². The van der Waals surface area contributed by atoms with Crippen molar-refractivity contribution in [1.82, 2.24) is 10.6 Å². The largest absolute Gasteiger partial charge is 0.399 e. The molecule has 2 aromatic rings. The Bertz CT molecular complexity index is 749. The molecule has 0 saturated carbocycles. The molecule has 1 aliphatic heterocycles. The summed E-state index contributed by atoms with van der Waals surface area (Å²) in [7, 11) is 0. The van der Waals surface area contributed by atoms with Gasteiger partial charge in [0.15, 0.2) is 0 Å². The molecule has 0 aliphatic carbocycles. The molecule has 0 bridgehead atoms. The Morgan fingerprint density at radius 1 is 1.00 bits per heavy atom.